The lowest BCUT2D eigenvalue weighted by molar-refractivity contribution is 0.0601. The fourth-order valence-corrected chi connectivity index (χ4v) is 4.48. The molecule has 1 amide bonds. The first-order valence-electron chi connectivity index (χ1n) is 8.91. The molecule has 4 rings (SSSR count). The second-order valence-corrected chi connectivity index (χ2v) is 7.23. The molecule has 0 unspecified atom stereocenters. The summed E-state index contributed by atoms with van der Waals surface area (Å²) in [4.78, 5) is 44.5. The van der Waals surface area contributed by atoms with E-state index in [0.29, 0.717) is 31.0 Å². The third-order valence-electron chi connectivity index (χ3n) is 5.69. The van der Waals surface area contributed by atoms with Crippen LogP contribution in [-0.2, 0) is 0 Å². The molecule has 0 bridgehead atoms. The monoisotopic (exact) mass is 354 g/mol. The molecule has 0 aliphatic carbocycles. The minimum absolute atomic E-state index is 0.0554. The summed E-state index contributed by atoms with van der Waals surface area (Å²) in [5.41, 5.74) is 0.138. The maximum Gasteiger partial charge on any atom is 0.326 e. The summed E-state index contributed by atoms with van der Waals surface area (Å²) in [6.07, 6.45) is 0.893. The topological polar surface area (TPSA) is 89.3 Å². The smallest absolute Gasteiger partial charge is 0.326 e. The van der Waals surface area contributed by atoms with E-state index in [-0.39, 0.29) is 11.6 Å². The average Bonchev–Trinajstić information content (AvgIpc) is 2.97. The Labute approximate surface area is 150 Å². The Morgan fingerprint density at radius 3 is 2.62 bits per heavy atom. The van der Waals surface area contributed by atoms with Gasteiger partial charge in [0.15, 0.2) is 0 Å². The van der Waals surface area contributed by atoms with Crippen LogP contribution in [0.4, 0.5) is 0 Å². The molecule has 2 aliphatic heterocycles. The number of fused-ring (bicyclic) bond motifs is 1. The van der Waals surface area contributed by atoms with Gasteiger partial charge in [0.2, 0.25) is 0 Å². The Morgan fingerprint density at radius 2 is 1.88 bits per heavy atom. The molecular formula is C19H22N4O3. The van der Waals surface area contributed by atoms with Crippen LogP contribution in [0.15, 0.2) is 46.0 Å². The highest BCUT2D eigenvalue weighted by Gasteiger charge is 2.44. The molecule has 1 aromatic heterocycles. The summed E-state index contributed by atoms with van der Waals surface area (Å²) < 4.78 is 0. The highest BCUT2D eigenvalue weighted by atomic mass is 16.2. The molecule has 2 N–H and O–H groups in total. The van der Waals surface area contributed by atoms with Crippen LogP contribution in [0.2, 0.25) is 0 Å². The SMILES string of the molecule is CN1C[C@H](c2ccccc2)[C@H]2CN(C(=O)c3cc(=O)[nH]c(=O)[nH]3)CC[C@H]21. The van der Waals surface area contributed by atoms with E-state index < -0.39 is 11.2 Å². The third-order valence-corrected chi connectivity index (χ3v) is 5.69. The van der Waals surface area contributed by atoms with Crippen LogP contribution in [0, 0.1) is 5.92 Å². The van der Waals surface area contributed by atoms with Crippen LogP contribution < -0.4 is 11.2 Å². The average molecular weight is 354 g/mol. The number of hydrogen-bond donors (Lipinski definition) is 2. The van der Waals surface area contributed by atoms with E-state index in [0.717, 1.165) is 19.0 Å². The zero-order chi connectivity index (χ0) is 18.3. The van der Waals surface area contributed by atoms with E-state index in [1.165, 1.54) is 5.56 Å². The quantitative estimate of drug-likeness (QED) is 0.828. The number of aromatic nitrogens is 2. The second-order valence-electron chi connectivity index (χ2n) is 7.23. The van der Waals surface area contributed by atoms with E-state index >= 15 is 0 Å². The van der Waals surface area contributed by atoms with Crippen LogP contribution >= 0.6 is 0 Å². The molecule has 3 heterocycles. The van der Waals surface area contributed by atoms with E-state index in [4.69, 9.17) is 0 Å². The minimum Gasteiger partial charge on any atom is -0.337 e. The fraction of sp³-hybridized carbons (Fsp3) is 0.421. The molecular weight excluding hydrogens is 332 g/mol. The second kappa shape index (κ2) is 6.57. The number of rotatable bonds is 2. The Balaban J connectivity index is 1.59. The van der Waals surface area contributed by atoms with Gasteiger partial charge in [-0.25, -0.2) is 4.79 Å². The zero-order valence-corrected chi connectivity index (χ0v) is 14.6. The van der Waals surface area contributed by atoms with Crippen molar-refractivity contribution < 1.29 is 4.79 Å². The van der Waals surface area contributed by atoms with Crippen molar-refractivity contribution in [3.05, 3.63) is 68.5 Å². The van der Waals surface area contributed by atoms with Crippen molar-refractivity contribution in [3.63, 3.8) is 0 Å². The standard InChI is InChI=1S/C19H22N4O3/c1-22-10-13(12-5-3-2-4-6-12)14-11-23(8-7-16(14)22)18(25)15-9-17(24)21-19(26)20-15/h2-6,9,13-14,16H,7-8,10-11H2,1H3,(H2,20,21,24,26)/t13-,14-,16-/m1/s1. The first kappa shape index (κ1) is 16.8. The van der Waals surface area contributed by atoms with Crippen molar-refractivity contribution in [2.24, 2.45) is 5.92 Å². The lowest BCUT2D eigenvalue weighted by Gasteiger charge is -2.38. The Hall–Kier alpha value is -2.67. The van der Waals surface area contributed by atoms with Gasteiger partial charge in [-0.1, -0.05) is 30.3 Å². The van der Waals surface area contributed by atoms with Gasteiger partial charge in [0, 0.05) is 43.6 Å². The van der Waals surface area contributed by atoms with Gasteiger partial charge in [-0.3, -0.25) is 14.6 Å². The molecule has 0 spiro atoms. The van der Waals surface area contributed by atoms with Crippen LogP contribution in [0.25, 0.3) is 0 Å². The van der Waals surface area contributed by atoms with Crippen molar-refractivity contribution in [1.82, 2.24) is 19.8 Å². The van der Waals surface area contributed by atoms with Crippen molar-refractivity contribution in [2.75, 3.05) is 26.7 Å². The molecule has 2 aliphatic rings. The van der Waals surface area contributed by atoms with Crippen molar-refractivity contribution in [2.45, 2.75) is 18.4 Å². The highest BCUT2D eigenvalue weighted by molar-refractivity contribution is 5.92. The van der Waals surface area contributed by atoms with E-state index in [9.17, 15) is 14.4 Å². The molecule has 2 fully saturated rings. The summed E-state index contributed by atoms with van der Waals surface area (Å²) in [5.74, 6) is 0.432. The molecule has 136 valence electrons. The van der Waals surface area contributed by atoms with Gasteiger partial charge in [0.1, 0.15) is 5.69 Å². The van der Waals surface area contributed by atoms with Gasteiger partial charge in [-0.05, 0) is 19.0 Å². The Morgan fingerprint density at radius 1 is 1.12 bits per heavy atom. The van der Waals surface area contributed by atoms with Gasteiger partial charge >= 0.3 is 5.69 Å². The summed E-state index contributed by atoms with van der Waals surface area (Å²) in [6, 6.07) is 12.0. The molecule has 26 heavy (non-hydrogen) atoms. The molecule has 0 saturated carbocycles. The number of carbonyl (C=O) groups is 1. The predicted molar refractivity (Wildman–Crippen MR) is 97.3 cm³/mol. The number of benzene rings is 1. The number of carbonyl (C=O) groups excluding carboxylic acids is 1. The van der Waals surface area contributed by atoms with Crippen LogP contribution in [-0.4, -0.2) is 58.4 Å². The number of nitrogens with one attached hydrogen (secondary N) is 2. The van der Waals surface area contributed by atoms with Gasteiger partial charge in [-0.2, -0.15) is 0 Å². The normalized spacial score (nSPS) is 25.9. The molecule has 3 atom stereocenters. The van der Waals surface area contributed by atoms with Crippen molar-refractivity contribution >= 4 is 5.91 Å². The summed E-state index contributed by atoms with van der Waals surface area (Å²) in [5, 5.41) is 0. The van der Waals surface area contributed by atoms with Gasteiger partial charge in [-0.15, -0.1) is 0 Å². The van der Waals surface area contributed by atoms with E-state index in [1.807, 2.05) is 6.07 Å². The number of likely N-dealkylation sites (N-methyl/N-ethyl adjacent to an activating group) is 1. The predicted octanol–water partition coefficient (Wildman–Crippen LogP) is 0.623. The fourth-order valence-electron chi connectivity index (χ4n) is 4.48. The number of aromatic amines is 2. The maximum atomic E-state index is 12.8. The van der Waals surface area contributed by atoms with Crippen molar-refractivity contribution in [3.8, 4) is 0 Å². The molecule has 1 aromatic carbocycles. The highest BCUT2D eigenvalue weighted by Crippen LogP contribution is 2.40. The number of piperidine rings is 1. The molecule has 7 nitrogen and oxygen atoms in total. The van der Waals surface area contributed by atoms with Crippen molar-refractivity contribution in [1.29, 1.82) is 0 Å². The zero-order valence-electron chi connectivity index (χ0n) is 14.6. The summed E-state index contributed by atoms with van der Waals surface area (Å²) >= 11 is 0. The lowest BCUT2D eigenvalue weighted by atomic mass is 9.82. The maximum absolute atomic E-state index is 12.8. The number of H-pyrrole nitrogens is 2. The number of likely N-dealkylation sites (tertiary alicyclic amines) is 2. The van der Waals surface area contributed by atoms with Crippen LogP contribution in [0.3, 0.4) is 0 Å². The largest absolute Gasteiger partial charge is 0.337 e. The Kier molecular flexibility index (Phi) is 4.24. The molecule has 2 saturated heterocycles. The number of hydrogen-bond acceptors (Lipinski definition) is 4. The first-order valence-corrected chi connectivity index (χ1v) is 8.91. The lowest BCUT2D eigenvalue weighted by Crippen LogP contribution is -2.48. The molecule has 0 radical (unpaired) electrons. The van der Waals surface area contributed by atoms with Gasteiger partial charge in [0.05, 0.1) is 0 Å². The summed E-state index contributed by atoms with van der Waals surface area (Å²) in [7, 11) is 2.15. The third kappa shape index (κ3) is 2.99. The van der Waals surface area contributed by atoms with Crippen LogP contribution in [0.5, 0.6) is 0 Å². The van der Waals surface area contributed by atoms with E-state index in [1.54, 1.807) is 4.90 Å². The summed E-state index contributed by atoms with van der Waals surface area (Å²) in [6.45, 7) is 2.23. The molecule has 7 heteroatoms. The number of nitrogens with zero attached hydrogens (tertiary/aromatic N) is 2. The Bertz CT molecular complexity index is 892. The molecule has 2 aromatic rings. The van der Waals surface area contributed by atoms with Crippen LogP contribution in [0.1, 0.15) is 28.4 Å². The van der Waals surface area contributed by atoms with E-state index in [2.05, 4.69) is 46.2 Å². The van der Waals surface area contributed by atoms with Gasteiger partial charge in [0.25, 0.3) is 11.5 Å². The van der Waals surface area contributed by atoms with Gasteiger partial charge < -0.3 is 14.8 Å². The number of amides is 1. The minimum atomic E-state index is -0.654. The first-order chi connectivity index (χ1) is 12.5.